The molecule has 2 N–H and O–H groups in total. The van der Waals surface area contributed by atoms with Gasteiger partial charge in [-0.15, -0.1) is 0 Å². The summed E-state index contributed by atoms with van der Waals surface area (Å²) in [5.74, 6) is -0.306. The number of carbonyl (C=O) groups excluding carboxylic acids is 2. The number of benzene rings is 1. The molecule has 0 bridgehead atoms. The Balaban J connectivity index is 0.000000686. The van der Waals surface area contributed by atoms with Crippen LogP contribution in [0.2, 0.25) is 0 Å². The van der Waals surface area contributed by atoms with Gasteiger partial charge in [0.25, 0.3) is 0 Å². The van der Waals surface area contributed by atoms with Crippen molar-refractivity contribution < 1.29 is 9.59 Å². The number of primary amides is 1. The van der Waals surface area contributed by atoms with Crippen LogP contribution in [0, 0.1) is 0 Å². The highest BCUT2D eigenvalue weighted by molar-refractivity contribution is 6.05. The minimum Gasteiger partial charge on any atom is -0.366 e. The lowest BCUT2D eigenvalue weighted by molar-refractivity contribution is 0.0990. The lowest BCUT2D eigenvalue weighted by atomic mass is 9.98. The molecule has 1 aliphatic rings. The fraction of sp³-hybridized carbons (Fsp3) is 0.429. The quantitative estimate of drug-likeness (QED) is 0.853. The maximum Gasteiger partial charge on any atom is 0.249 e. The number of hydrogen-bond acceptors (Lipinski definition) is 2. The van der Waals surface area contributed by atoms with Gasteiger partial charge in [-0.05, 0) is 36.1 Å². The summed E-state index contributed by atoms with van der Waals surface area (Å²) in [5, 5.41) is 0. The minimum absolute atomic E-state index is 0.128. The zero-order valence-electron chi connectivity index (χ0n) is 10.7. The van der Waals surface area contributed by atoms with E-state index in [0.29, 0.717) is 24.0 Å². The number of carbonyl (C=O) groups is 2. The summed E-state index contributed by atoms with van der Waals surface area (Å²) in [6, 6.07) is 3.69. The van der Waals surface area contributed by atoms with Crippen molar-refractivity contribution in [3.05, 3.63) is 34.4 Å². The molecule has 0 saturated heterocycles. The molecule has 0 aromatic heterocycles. The number of aryl methyl sites for hydroxylation is 1. The van der Waals surface area contributed by atoms with E-state index >= 15 is 0 Å². The third-order valence-corrected chi connectivity index (χ3v) is 2.89. The first-order valence-electron chi connectivity index (χ1n) is 6.12. The fourth-order valence-electron chi connectivity index (χ4n) is 2.05. The van der Waals surface area contributed by atoms with Gasteiger partial charge in [-0.1, -0.05) is 20.8 Å². The standard InChI is InChI=1S/C12H13NO2.C2H6/c1-2-7-5-9-8(3-4-11(9)14)10(6-7)12(13)15;1-2/h5-6H,2-4H2,1H3,(H2,13,15);1-2H3. The number of hydrogen-bond donors (Lipinski definition) is 1. The van der Waals surface area contributed by atoms with Crippen LogP contribution in [0.1, 0.15) is 59.0 Å². The van der Waals surface area contributed by atoms with Gasteiger partial charge in [0.1, 0.15) is 0 Å². The van der Waals surface area contributed by atoms with Crippen LogP contribution in [0.25, 0.3) is 0 Å². The first kappa shape index (κ1) is 13.4. The SMILES string of the molecule is CC.CCc1cc(C(N)=O)c2c(c1)C(=O)CC2. The molecule has 0 unspecified atom stereocenters. The molecule has 2 rings (SSSR count). The smallest absolute Gasteiger partial charge is 0.249 e. The van der Waals surface area contributed by atoms with Gasteiger partial charge in [0, 0.05) is 17.5 Å². The van der Waals surface area contributed by atoms with Crippen LogP contribution >= 0.6 is 0 Å². The van der Waals surface area contributed by atoms with E-state index in [2.05, 4.69) is 0 Å². The van der Waals surface area contributed by atoms with Gasteiger partial charge in [-0.3, -0.25) is 9.59 Å². The Hall–Kier alpha value is -1.64. The van der Waals surface area contributed by atoms with E-state index in [1.165, 1.54) is 0 Å². The average Bonchev–Trinajstić information content (AvgIpc) is 2.72. The molecule has 1 aromatic rings. The molecule has 0 spiro atoms. The first-order valence-corrected chi connectivity index (χ1v) is 6.12. The van der Waals surface area contributed by atoms with Crippen LogP contribution in [-0.2, 0) is 12.8 Å². The highest BCUT2D eigenvalue weighted by Gasteiger charge is 2.24. The lowest BCUT2D eigenvalue weighted by Crippen LogP contribution is -2.14. The van der Waals surface area contributed by atoms with E-state index in [-0.39, 0.29) is 5.78 Å². The van der Waals surface area contributed by atoms with E-state index in [1.807, 2.05) is 26.8 Å². The molecule has 0 heterocycles. The maximum absolute atomic E-state index is 11.6. The highest BCUT2D eigenvalue weighted by atomic mass is 16.1. The minimum atomic E-state index is -0.434. The second-order valence-electron chi connectivity index (χ2n) is 3.81. The molecule has 1 aliphatic carbocycles. The Labute approximate surface area is 102 Å². The van der Waals surface area contributed by atoms with Gasteiger partial charge >= 0.3 is 0 Å². The van der Waals surface area contributed by atoms with E-state index in [0.717, 1.165) is 17.5 Å². The van der Waals surface area contributed by atoms with Crippen molar-refractivity contribution in [2.24, 2.45) is 5.73 Å². The summed E-state index contributed by atoms with van der Waals surface area (Å²) in [7, 11) is 0. The summed E-state index contributed by atoms with van der Waals surface area (Å²) in [4.78, 5) is 22.8. The predicted octanol–water partition coefficient (Wildman–Crippen LogP) is 2.50. The predicted molar refractivity (Wildman–Crippen MR) is 68.3 cm³/mol. The molecule has 3 heteroatoms. The van der Waals surface area contributed by atoms with Crippen molar-refractivity contribution in [3.63, 3.8) is 0 Å². The molecular formula is C14H19NO2. The van der Waals surface area contributed by atoms with Crippen molar-refractivity contribution in [3.8, 4) is 0 Å². The lowest BCUT2D eigenvalue weighted by Gasteiger charge is -2.07. The third kappa shape index (κ3) is 2.54. The Morgan fingerprint density at radius 3 is 2.47 bits per heavy atom. The third-order valence-electron chi connectivity index (χ3n) is 2.89. The molecule has 1 aromatic carbocycles. The normalized spacial score (nSPS) is 12.8. The monoisotopic (exact) mass is 233 g/mol. The zero-order valence-corrected chi connectivity index (χ0v) is 10.7. The van der Waals surface area contributed by atoms with Crippen LogP contribution in [0.4, 0.5) is 0 Å². The second-order valence-corrected chi connectivity index (χ2v) is 3.81. The summed E-state index contributed by atoms with van der Waals surface area (Å²) in [6.45, 7) is 5.99. The van der Waals surface area contributed by atoms with E-state index in [9.17, 15) is 9.59 Å². The highest BCUT2D eigenvalue weighted by Crippen LogP contribution is 2.27. The van der Waals surface area contributed by atoms with Crippen LogP contribution in [0.5, 0.6) is 0 Å². The fourth-order valence-corrected chi connectivity index (χ4v) is 2.05. The molecular weight excluding hydrogens is 214 g/mol. The zero-order chi connectivity index (χ0) is 13.0. The number of Topliss-reactive ketones (excluding diaryl/α,β-unsaturated/α-hetero) is 1. The molecule has 0 atom stereocenters. The summed E-state index contributed by atoms with van der Waals surface area (Å²) < 4.78 is 0. The Morgan fingerprint density at radius 2 is 1.94 bits per heavy atom. The number of nitrogens with two attached hydrogens (primary N) is 1. The molecule has 0 saturated carbocycles. The van der Waals surface area contributed by atoms with E-state index in [4.69, 9.17) is 5.73 Å². The molecule has 17 heavy (non-hydrogen) atoms. The average molecular weight is 233 g/mol. The molecule has 1 amide bonds. The van der Waals surface area contributed by atoms with Crippen LogP contribution in [-0.4, -0.2) is 11.7 Å². The Kier molecular flexibility index (Phi) is 4.44. The molecule has 0 fully saturated rings. The number of amides is 1. The molecule has 0 aliphatic heterocycles. The van der Waals surface area contributed by atoms with E-state index in [1.54, 1.807) is 6.07 Å². The Morgan fingerprint density at radius 1 is 1.29 bits per heavy atom. The molecule has 3 nitrogen and oxygen atoms in total. The largest absolute Gasteiger partial charge is 0.366 e. The van der Waals surface area contributed by atoms with Crippen molar-refractivity contribution in [2.45, 2.75) is 40.0 Å². The van der Waals surface area contributed by atoms with Gasteiger partial charge in [-0.25, -0.2) is 0 Å². The Bertz CT molecular complexity index is 450. The first-order chi connectivity index (χ1) is 8.13. The number of rotatable bonds is 2. The van der Waals surface area contributed by atoms with Crippen molar-refractivity contribution >= 4 is 11.7 Å². The second kappa shape index (κ2) is 5.62. The van der Waals surface area contributed by atoms with E-state index < -0.39 is 5.91 Å². The maximum atomic E-state index is 11.6. The van der Waals surface area contributed by atoms with Crippen molar-refractivity contribution in [1.82, 2.24) is 0 Å². The van der Waals surface area contributed by atoms with Gasteiger partial charge in [-0.2, -0.15) is 0 Å². The van der Waals surface area contributed by atoms with Gasteiger partial charge in [0.05, 0.1) is 0 Å². The van der Waals surface area contributed by atoms with Crippen molar-refractivity contribution in [2.75, 3.05) is 0 Å². The van der Waals surface area contributed by atoms with Gasteiger partial charge in [0.2, 0.25) is 5.91 Å². The van der Waals surface area contributed by atoms with Gasteiger partial charge < -0.3 is 5.73 Å². The number of fused-ring (bicyclic) bond motifs is 1. The summed E-state index contributed by atoms with van der Waals surface area (Å²) in [6.07, 6.45) is 1.96. The summed E-state index contributed by atoms with van der Waals surface area (Å²) in [5.41, 5.74) is 8.36. The summed E-state index contributed by atoms with van der Waals surface area (Å²) >= 11 is 0. The molecule has 0 radical (unpaired) electrons. The van der Waals surface area contributed by atoms with Gasteiger partial charge in [0.15, 0.2) is 5.78 Å². The topological polar surface area (TPSA) is 60.2 Å². The van der Waals surface area contributed by atoms with Crippen LogP contribution < -0.4 is 5.73 Å². The number of ketones is 1. The van der Waals surface area contributed by atoms with Crippen LogP contribution in [0.3, 0.4) is 0 Å². The van der Waals surface area contributed by atoms with Crippen molar-refractivity contribution in [1.29, 1.82) is 0 Å². The molecule has 92 valence electrons. The van der Waals surface area contributed by atoms with Crippen LogP contribution in [0.15, 0.2) is 12.1 Å².